The number of urea groups is 1. The zero-order valence-corrected chi connectivity index (χ0v) is 18.2. The summed E-state index contributed by atoms with van der Waals surface area (Å²) in [6.07, 6.45) is 7.01. The lowest BCUT2D eigenvalue weighted by Gasteiger charge is -2.33. The number of aryl methyl sites for hydroxylation is 1. The highest BCUT2D eigenvalue weighted by atomic mass is 32.1. The van der Waals surface area contributed by atoms with Gasteiger partial charge in [0.25, 0.3) is 0 Å². The molecule has 2 aliphatic rings. The molecule has 6 nitrogen and oxygen atoms in total. The lowest BCUT2D eigenvalue weighted by molar-refractivity contribution is -0.140. The van der Waals surface area contributed by atoms with Crippen LogP contribution in [0.4, 0.5) is 4.79 Å². The SMILES string of the molecule is COC(=O)CCNC(=O)N1Cc2c(sc3c2CCCC3)-n2cccc2[C@H]1C(C)C. The average Bonchev–Trinajstić information content (AvgIpc) is 3.29. The fourth-order valence-corrected chi connectivity index (χ4v) is 6.00. The fourth-order valence-electron chi connectivity index (χ4n) is 4.60. The predicted octanol–water partition coefficient (Wildman–Crippen LogP) is 4.20. The molecule has 4 rings (SSSR count). The number of aromatic nitrogens is 1. The van der Waals surface area contributed by atoms with Gasteiger partial charge < -0.3 is 19.5 Å². The van der Waals surface area contributed by atoms with Crippen LogP contribution in [0, 0.1) is 5.92 Å². The number of ether oxygens (including phenoxy) is 1. The summed E-state index contributed by atoms with van der Waals surface area (Å²) in [6, 6.07) is 4.06. The maximum absolute atomic E-state index is 13.2. The number of carbonyl (C=O) groups is 2. The first-order valence-corrected chi connectivity index (χ1v) is 11.2. The van der Waals surface area contributed by atoms with Gasteiger partial charge in [0.2, 0.25) is 0 Å². The first kappa shape index (κ1) is 20.0. The minimum atomic E-state index is -0.315. The number of fused-ring (bicyclic) bond motifs is 5. The molecule has 0 bridgehead atoms. The zero-order valence-electron chi connectivity index (χ0n) is 17.4. The van der Waals surface area contributed by atoms with Crippen molar-refractivity contribution in [3.8, 4) is 5.00 Å². The molecule has 1 N–H and O–H groups in total. The van der Waals surface area contributed by atoms with Gasteiger partial charge >= 0.3 is 12.0 Å². The molecule has 2 amide bonds. The van der Waals surface area contributed by atoms with E-state index in [-0.39, 0.29) is 36.9 Å². The highest BCUT2D eigenvalue weighted by molar-refractivity contribution is 7.15. The summed E-state index contributed by atoms with van der Waals surface area (Å²) < 4.78 is 6.98. The minimum absolute atomic E-state index is 0.0260. The smallest absolute Gasteiger partial charge is 0.318 e. The van der Waals surface area contributed by atoms with E-state index in [1.807, 2.05) is 16.2 Å². The number of nitrogens with zero attached hydrogens (tertiary/aromatic N) is 2. The Hall–Kier alpha value is -2.28. The number of carbonyl (C=O) groups excluding carboxylic acids is 2. The lowest BCUT2D eigenvalue weighted by atomic mass is 9.94. The molecule has 0 unspecified atom stereocenters. The Balaban J connectivity index is 1.70. The molecule has 0 fully saturated rings. The first-order valence-electron chi connectivity index (χ1n) is 10.4. The Bertz CT molecular complexity index is 915. The zero-order chi connectivity index (χ0) is 20.5. The van der Waals surface area contributed by atoms with Crippen LogP contribution in [0.15, 0.2) is 18.3 Å². The Morgan fingerprint density at radius 2 is 2.07 bits per heavy atom. The highest BCUT2D eigenvalue weighted by Gasteiger charge is 2.36. The van der Waals surface area contributed by atoms with Crippen molar-refractivity contribution in [3.63, 3.8) is 0 Å². The van der Waals surface area contributed by atoms with Crippen molar-refractivity contribution in [1.82, 2.24) is 14.8 Å². The van der Waals surface area contributed by atoms with Crippen molar-refractivity contribution in [2.24, 2.45) is 5.92 Å². The van der Waals surface area contributed by atoms with Gasteiger partial charge in [-0.3, -0.25) is 4.79 Å². The molecular weight excluding hydrogens is 386 g/mol. The van der Waals surface area contributed by atoms with Crippen molar-refractivity contribution >= 4 is 23.3 Å². The van der Waals surface area contributed by atoms with Crippen molar-refractivity contribution in [2.45, 2.75) is 58.5 Å². The van der Waals surface area contributed by atoms with Crippen LogP contribution in [0.25, 0.3) is 5.00 Å². The third kappa shape index (κ3) is 3.68. The molecule has 2 aromatic heterocycles. The normalized spacial score (nSPS) is 17.9. The largest absolute Gasteiger partial charge is 0.469 e. The predicted molar refractivity (Wildman–Crippen MR) is 113 cm³/mol. The number of methoxy groups -OCH3 is 1. The van der Waals surface area contributed by atoms with Crippen LogP contribution in [-0.2, 0) is 28.9 Å². The van der Waals surface area contributed by atoms with Gasteiger partial charge in [0.15, 0.2) is 0 Å². The summed E-state index contributed by atoms with van der Waals surface area (Å²) in [7, 11) is 1.36. The van der Waals surface area contributed by atoms with Crippen molar-refractivity contribution in [2.75, 3.05) is 13.7 Å². The van der Waals surface area contributed by atoms with Crippen LogP contribution in [0.2, 0.25) is 0 Å². The number of hydrogen-bond acceptors (Lipinski definition) is 4. The van der Waals surface area contributed by atoms with E-state index in [1.165, 1.54) is 41.0 Å². The van der Waals surface area contributed by atoms with E-state index in [0.29, 0.717) is 6.54 Å². The van der Waals surface area contributed by atoms with Crippen LogP contribution >= 0.6 is 11.3 Å². The van der Waals surface area contributed by atoms with E-state index in [4.69, 9.17) is 0 Å². The first-order chi connectivity index (χ1) is 14.0. The van der Waals surface area contributed by atoms with Crippen molar-refractivity contribution in [3.05, 3.63) is 40.0 Å². The summed E-state index contributed by atoms with van der Waals surface area (Å²) in [5, 5.41) is 4.21. The van der Waals surface area contributed by atoms with Gasteiger partial charge in [-0.25, -0.2) is 4.79 Å². The molecule has 0 saturated carbocycles. The molecule has 0 radical (unpaired) electrons. The van der Waals surface area contributed by atoms with Gasteiger partial charge in [-0.15, -0.1) is 11.3 Å². The van der Waals surface area contributed by atoms with Crippen LogP contribution in [-0.4, -0.2) is 35.1 Å². The second-order valence-corrected chi connectivity index (χ2v) is 9.26. The van der Waals surface area contributed by atoms with E-state index in [2.05, 4.69) is 46.8 Å². The quantitative estimate of drug-likeness (QED) is 0.761. The van der Waals surface area contributed by atoms with E-state index >= 15 is 0 Å². The number of hydrogen-bond donors (Lipinski definition) is 1. The Morgan fingerprint density at radius 3 is 2.83 bits per heavy atom. The van der Waals surface area contributed by atoms with Gasteiger partial charge in [0, 0.05) is 28.9 Å². The van der Waals surface area contributed by atoms with Gasteiger partial charge in [-0.2, -0.15) is 0 Å². The number of nitrogens with one attached hydrogen (secondary N) is 1. The van der Waals surface area contributed by atoms with E-state index in [9.17, 15) is 9.59 Å². The monoisotopic (exact) mass is 415 g/mol. The summed E-state index contributed by atoms with van der Waals surface area (Å²) in [5.74, 6) is -0.0514. The van der Waals surface area contributed by atoms with Crippen molar-refractivity contribution in [1.29, 1.82) is 0 Å². The van der Waals surface area contributed by atoms with Gasteiger partial charge in [0.1, 0.15) is 5.00 Å². The number of esters is 1. The maximum Gasteiger partial charge on any atom is 0.318 e. The number of rotatable bonds is 4. The van der Waals surface area contributed by atoms with Crippen LogP contribution in [0.3, 0.4) is 0 Å². The standard InChI is InChI=1S/C22H29N3O3S/c1-14(2)20-17-8-6-12-24(17)21-16(15-7-4-5-9-18(15)29-21)13-25(20)22(27)23-11-10-19(26)28-3/h6,8,12,14,20H,4-5,7,9-11,13H2,1-3H3,(H,23,27)/t20-/m1/s1. The molecule has 1 atom stereocenters. The molecule has 156 valence electrons. The Morgan fingerprint density at radius 1 is 1.28 bits per heavy atom. The summed E-state index contributed by atoms with van der Waals surface area (Å²) in [4.78, 5) is 28.1. The molecule has 29 heavy (non-hydrogen) atoms. The fraction of sp³-hybridized carbons (Fsp3) is 0.545. The molecule has 0 saturated heterocycles. The molecule has 1 aliphatic heterocycles. The van der Waals surface area contributed by atoms with Crippen LogP contribution < -0.4 is 5.32 Å². The van der Waals surface area contributed by atoms with Crippen molar-refractivity contribution < 1.29 is 14.3 Å². The third-order valence-electron chi connectivity index (χ3n) is 5.95. The molecular formula is C22H29N3O3S. The third-order valence-corrected chi connectivity index (χ3v) is 7.28. The highest BCUT2D eigenvalue weighted by Crippen LogP contribution is 2.43. The lowest BCUT2D eigenvalue weighted by Crippen LogP contribution is -2.44. The second kappa shape index (κ2) is 8.22. The molecule has 7 heteroatoms. The Labute approximate surface area is 175 Å². The number of amides is 2. The van der Waals surface area contributed by atoms with Crippen LogP contribution in [0.1, 0.15) is 60.8 Å². The van der Waals surface area contributed by atoms with E-state index in [0.717, 1.165) is 18.5 Å². The van der Waals surface area contributed by atoms with Gasteiger partial charge in [-0.05, 0) is 49.3 Å². The second-order valence-electron chi connectivity index (χ2n) is 8.17. The topological polar surface area (TPSA) is 63.6 Å². The summed E-state index contributed by atoms with van der Waals surface area (Å²) >= 11 is 1.89. The molecule has 1 aliphatic carbocycles. The minimum Gasteiger partial charge on any atom is -0.469 e. The summed E-state index contributed by atoms with van der Waals surface area (Å²) in [6.45, 7) is 5.20. The van der Waals surface area contributed by atoms with Gasteiger partial charge in [-0.1, -0.05) is 13.8 Å². The summed E-state index contributed by atoms with van der Waals surface area (Å²) in [5.41, 5.74) is 3.90. The number of thiophene rings is 1. The molecule has 0 spiro atoms. The molecule has 0 aromatic carbocycles. The molecule has 2 aromatic rings. The van der Waals surface area contributed by atoms with E-state index < -0.39 is 0 Å². The molecule has 3 heterocycles. The average molecular weight is 416 g/mol. The van der Waals surface area contributed by atoms with Gasteiger partial charge in [0.05, 0.1) is 26.1 Å². The van der Waals surface area contributed by atoms with Crippen LogP contribution in [0.5, 0.6) is 0 Å². The Kier molecular flexibility index (Phi) is 5.67. The van der Waals surface area contributed by atoms with E-state index in [1.54, 1.807) is 0 Å². The maximum atomic E-state index is 13.2.